The summed E-state index contributed by atoms with van der Waals surface area (Å²) in [5.74, 6) is -0.469. The average Bonchev–Trinajstić information content (AvgIpc) is 3.27. The van der Waals surface area contributed by atoms with Gasteiger partial charge in [0, 0.05) is 34.9 Å². The lowest BCUT2D eigenvalue weighted by Gasteiger charge is -2.28. The Labute approximate surface area is 227 Å². The zero-order chi connectivity index (χ0) is 27.9. The van der Waals surface area contributed by atoms with Gasteiger partial charge >= 0.3 is 5.97 Å². The molecule has 204 valence electrons. The van der Waals surface area contributed by atoms with Gasteiger partial charge in [0.05, 0.1) is 19.3 Å². The summed E-state index contributed by atoms with van der Waals surface area (Å²) in [6.07, 6.45) is 2.49. The summed E-state index contributed by atoms with van der Waals surface area (Å²) >= 11 is 0. The minimum Gasteiger partial charge on any atom is -0.494 e. The van der Waals surface area contributed by atoms with Crippen molar-refractivity contribution < 1.29 is 28.5 Å². The molecule has 0 saturated heterocycles. The Kier molecular flexibility index (Phi) is 7.07. The van der Waals surface area contributed by atoms with Crippen molar-refractivity contribution in [3.63, 3.8) is 0 Å². The normalized spacial score (nSPS) is 14.1. The van der Waals surface area contributed by atoms with Crippen LogP contribution in [0.5, 0.6) is 11.5 Å². The van der Waals surface area contributed by atoms with Gasteiger partial charge in [0.25, 0.3) is 0 Å². The highest BCUT2D eigenvalue weighted by atomic mass is 19.1. The van der Waals surface area contributed by atoms with Gasteiger partial charge < -0.3 is 23.9 Å². The zero-order valence-corrected chi connectivity index (χ0v) is 22.9. The van der Waals surface area contributed by atoms with E-state index < -0.39 is 23.5 Å². The Balaban J connectivity index is 1.71. The van der Waals surface area contributed by atoms with Crippen molar-refractivity contribution >= 4 is 17.0 Å². The monoisotopic (exact) mass is 532 g/mol. The van der Waals surface area contributed by atoms with Crippen LogP contribution >= 0.6 is 0 Å². The number of fused-ring (bicyclic) bond motifs is 2. The Hall–Kier alpha value is -3.91. The molecule has 0 amide bonds. The topological polar surface area (TPSA) is 82.8 Å². The molecule has 8 heteroatoms. The summed E-state index contributed by atoms with van der Waals surface area (Å²) in [5.41, 5.74) is 4.54. The van der Waals surface area contributed by atoms with Gasteiger partial charge in [-0.25, -0.2) is 14.2 Å². The van der Waals surface area contributed by atoms with Gasteiger partial charge in [-0.2, -0.15) is 0 Å². The number of aliphatic carboxylic acids is 1. The maximum atomic E-state index is 14.4. The number of hydrogen-bond acceptors (Lipinski definition) is 5. The molecule has 2 aromatic carbocycles. The van der Waals surface area contributed by atoms with Crippen molar-refractivity contribution in [2.24, 2.45) is 0 Å². The highest BCUT2D eigenvalue weighted by Gasteiger charge is 2.33. The van der Waals surface area contributed by atoms with Crippen molar-refractivity contribution in [3.8, 4) is 22.6 Å². The van der Waals surface area contributed by atoms with Crippen LogP contribution in [0.1, 0.15) is 55.7 Å². The van der Waals surface area contributed by atoms with E-state index in [-0.39, 0.29) is 5.75 Å². The van der Waals surface area contributed by atoms with Crippen LogP contribution in [0.2, 0.25) is 0 Å². The molecule has 0 fully saturated rings. The second-order valence-corrected chi connectivity index (χ2v) is 10.9. The maximum Gasteiger partial charge on any atom is 0.337 e. The Morgan fingerprint density at radius 3 is 2.69 bits per heavy atom. The molecule has 1 aliphatic rings. The van der Waals surface area contributed by atoms with Crippen molar-refractivity contribution in [1.29, 1.82) is 0 Å². The smallest absolute Gasteiger partial charge is 0.337 e. The van der Waals surface area contributed by atoms with E-state index in [4.69, 9.17) is 19.2 Å². The van der Waals surface area contributed by atoms with Crippen LogP contribution in [0.3, 0.4) is 0 Å². The predicted octanol–water partition coefficient (Wildman–Crippen LogP) is 6.47. The van der Waals surface area contributed by atoms with Gasteiger partial charge in [-0.05, 0) is 87.6 Å². The van der Waals surface area contributed by atoms with Crippen molar-refractivity contribution in [2.45, 2.75) is 58.8 Å². The molecular weight excluding hydrogens is 499 g/mol. The fourth-order valence-electron chi connectivity index (χ4n) is 5.20. The first-order valence-electron chi connectivity index (χ1n) is 13.0. The second kappa shape index (κ2) is 10.3. The molecule has 4 aromatic rings. The van der Waals surface area contributed by atoms with E-state index in [2.05, 4.69) is 6.07 Å². The lowest BCUT2D eigenvalue weighted by atomic mass is 9.90. The largest absolute Gasteiger partial charge is 0.494 e. The van der Waals surface area contributed by atoms with Gasteiger partial charge in [0.15, 0.2) is 17.7 Å². The molecule has 2 aromatic heterocycles. The highest BCUT2D eigenvalue weighted by Crippen LogP contribution is 2.41. The van der Waals surface area contributed by atoms with E-state index in [9.17, 15) is 14.3 Å². The standard InChI is InChI=1S/C31H33FN2O5/c1-18-26(28(30(35)36)39-31(2,3)4)27(21-9-11-24-20(16-21)7-6-14-38-24)22-12-13-34(29(22)33-18)17-19-8-10-25(37-5)23(32)15-19/h8-13,15-16,28H,6-7,14,17H2,1-5H3,(H,35,36). The number of carbonyl (C=O) groups is 1. The van der Waals surface area contributed by atoms with Crippen LogP contribution in [-0.2, 0) is 22.5 Å². The number of nitrogens with zero attached hydrogens (tertiary/aromatic N) is 2. The average molecular weight is 533 g/mol. The number of ether oxygens (including phenoxy) is 3. The molecule has 0 spiro atoms. The van der Waals surface area contributed by atoms with Crippen LogP contribution in [0.4, 0.5) is 4.39 Å². The summed E-state index contributed by atoms with van der Waals surface area (Å²) in [6, 6.07) is 12.8. The number of halogens is 1. The SMILES string of the molecule is COc1ccc(Cn2ccc3c(-c4ccc5c(c4)CCCO5)c(C(OC(C)(C)C)C(=O)O)c(C)nc32)cc1F. The molecule has 1 atom stereocenters. The molecule has 39 heavy (non-hydrogen) atoms. The molecule has 0 aliphatic carbocycles. The lowest BCUT2D eigenvalue weighted by molar-refractivity contribution is -0.160. The molecule has 3 heterocycles. The predicted molar refractivity (Wildman–Crippen MR) is 147 cm³/mol. The first-order chi connectivity index (χ1) is 18.6. The number of aryl methyl sites for hydroxylation is 2. The Morgan fingerprint density at radius 1 is 1.21 bits per heavy atom. The first kappa shape index (κ1) is 26.7. The summed E-state index contributed by atoms with van der Waals surface area (Å²) in [4.78, 5) is 17.5. The first-order valence-corrected chi connectivity index (χ1v) is 13.0. The number of methoxy groups -OCH3 is 1. The molecule has 5 rings (SSSR count). The summed E-state index contributed by atoms with van der Waals surface area (Å²) < 4.78 is 33.3. The number of rotatable bonds is 7. The molecular formula is C31H33FN2O5. The number of pyridine rings is 1. The van der Waals surface area contributed by atoms with Gasteiger partial charge in [-0.1, -0.05) is 12.1 Å². The van der Waals surface area contributed by atoms with Gasteiger partial charge in [-0.15, -0.1) is 0 Å². The van der Waals surface area contributed by atoms with E-state index in [1.54, 1.807) is 6.07 Å². The molecule has 0 radical (unpaired) electrons. The van der Waals surface area contributed by atoms with Crippen molar-refractivity contribution in [1.82, 2.24) is 9.55 Å². The fraction of sp³-hybridized carbons (Fsp3) is 0.355. The molecule has 0 saturated carbocycles. The molecule has 1 unspecified atom stereocenters. The summed E-state index contributed by atoms with van der Waals surface area (Å²) in [5, 5.41) is 11.1. The molecule has 1 aliphatic heterocycles. The number of hydrogen-bond donors (Lipinski definition) is 1. The minimum absolute atomic E-state index is 0.187. The summed E-state index contributed by atoms with van der Waals surface area (Å²) in [7, 11) is 1.43. The molecule has 1 N–H and O–H groups in total. The van der Waals surface area contributed by atoms with Gasteiger partial charge in [-0.3, -0.25) is 0 Å². The van der Waals surface area contributed by atoms with Crippen molar-refractivity contribution in [2.75, 3.05) is 13.7 Å². The van der Waals surface area contributed by atoms with E-state index in [1.807, 2.05) is 62.7 Å². The third kappa shape index (κ3) is 5.34. The van der Waals surface area contributed by atoms with Crippen LogP contribution in [-0.4, -0.2) is 39.9 Å². The van der Waals surface area contributed by atoms with Crippen LogP contribution in [0.25, 0.3) is 22.2 Å². The minimum atomic E-state index is -1.22. The molecule has 0 bridgehead atoms. The molecule has 7 nitrogen and oxygen atoms in total. The maximum absolute atomic E-state index is 14.4. The highest BCUT2D eigenvalue weighted by molar-refractivity contribution is 5.98. The fourth-order valence-corrected chi connectivity index (χ4v) is 5.20. The Morgan fingerprint density at radius 2 is 2.00 bits per heavy atom. The third-order valence-corrected chi connectivity index (χ3v) is 6.86. The summed E-state index contributed by atoms with van der Waals surface area (Å²) in [6.45, 7) is 8.39. The van der Waals surface area contributed by atoms with Crippen LogP contribution in [0.15, 0.2) is 48.7 Å². The van der Waals surface area contributed by atoms with Crippen LogP contribution in [0, 0.1) is 12.7 Å². The van der Waals surface area contributed by atoms with Crippen LogP contribution < -0.4 is 9.47 Å². The number of carboxylic acids is 1. The Bertz CT molecular complexity index is 1550. The lowest BCUT2D eigenvalue weighted by Crippen LogP contribution is -2.28. The van der Waals surface area contributed by atoms with E-state index in [0.717, 1.165) is 46.2 Å². The van der Waals surface area contributed by atoms with Gasteiger partial charge in [0.1, 0.15) is 11.4 Å². The van der Waals surface area contributed by atoms with E-state index >= 15 is 0 Å². The van der Waals surface area contributed by atoms with E-state index in [0.29, 0.717) is 30.1 Å². The number of carboxylic acid groups (broad SMARTS) is 1. The van der Waals surface area contributed by atoms with Crippen molar-refractivity contribution in [3.05, 3.63) is 76.9 Å². The van der Waals surface area contributed by atoms with E-state index in [1.165, 1.54) is 13.2 Å². The second-order valence-electron chi connectivity index (χ2n) is 10.9. The number of aromatic nitrogens is 2. The third-order valence-electron chi connectivity index (χ3n) is 6.86. The number of benzene rings is 2. The quantitative estimate of drug-likeness (QED) is 0.294. The zero-order valence-electron chi connectivity index (χ0n) is 22.9. The van der Waals surface area contributed by atoms with Gasteiger partial charge in [0.2, 0.25) is 0 Å².